The molecular formula is C15H20FNO2. The lowest BCUT2D eigenvalue weighted by Crippen LogP contribution is -2.47. The average molecular weight is 265 g/mol. The van der Waals surface area contributed by atoms with Gasteiger partial charge in [-0.1, -0.05) is 18.2 Å². The van der Waals surface area contributed by atoms with Gasteiger partial charge in [0, 0.05) is 19.5 Å². The van der Waals surface area contributed by atoms with Gasteiger partial charge in [0.15, 0.2) is 5.78 Å². The number of hydrogen-bond donors (Lipinski definition) is 0. The zero-order valence-corrected chi connectivity index (χ0v) is 11.4. The molecule has 19 heavy (non-hydrogen) atoms. The van der Waals surface area contributed by atoms with Gasteiger partial charge in [-0.05, 0) is 25.5 Å². The first-order valence-corrected chi connectivity index (χ1v) is 6.67. The quantitative estimate of drug-likeness (QED) is 0.834. The third-order valence-electron chi connectivity index (χ3n) is 3.24. The molecule has 0 bridgehead atoms. The summed E-state index contributed by atoms with van der Waals surface area (Å²) in [5.74, 6) is -0.258. The number of morpholine rings is 1. The highest BCUT2D eigenvalue weighted by atomic mass is 19.1. The van der Waals surface area contributed by atoms with Crippen LogP contribution < -0.4 is 0 Å². The summed E-state index contributed by atoms with van der Waals surface area (Å²) in [4.78, 5) is 14.1. The minimum atomic E-state index is -0.306. The van der Waals surface area contributed by atoms with Crippen molar-refractivity contribution in [2.24, 2.45) is 0 Å². The molecule has 2 rings (SSSR count). The van der Waals surface area contributed by atoms with Crippen LogP contribution in [0.15, 0.2) is 24.3 Å². The zero-order valence-electron chi connectivity index (χ0n) is 11.4. The lowest BCUT2D eigenvalue weighted by Gasteiger charge is -2.34. The molecule has 0 spiro atoms. The van der Waals surface area contributed by atoms with Crippen LogP contribution in [0.3, 0.4) is 0 Å². The fourth-order valence-electron chi connectivity index (χ4n) is 2.57. The predicted octanol–water partition coefficient (Wildman–Crippen LogP) is 2.05. The first-order valence-electron chi connectivity index (χ1n) is 6.67. The molecule has 2 atom stereocenters. The van der Waals surface area contributed by atoms with Crippen LogP contribution in [0, 0.1) is 5.82 Å². The number of Topliss-reactive ketones (excluding diaryl/α,β-unsaturated/α-hetero) is 1. The molecule has 1 heterocycles. The van der Waals surface area contributed by atoms with E-state index in [4.69, 9.17) is 4.74 Å². The number of ether oxygens (including phenoxy) is 1. The molecule has 0 aromatic heterocycles. The molecule has 104 valence electrons. The van der Waals surface area contributed by atoms with Crippen molar-refractivity contribution in [3.63, 3.8) is 0 Å². The van der Waals surface area contributed by atoms with E-state index in [1.165, 1.54) is 6.07 Å². The highest BCUT2D eigenvalue weighted by molar-refractivity contribution is 5.82. The third-order valence-corrected chi connectivity index (χ3v) is 3.24. The molecule has 1 fully saturated rings. The number of benzene rings is 1. The van der Waals surface area contributed by atoms with Crippen molar-refractivity contribution in [2.45, 2.75) is 32.5 Å². The van der Waals surface area contributed by atoms with Crippen LogP contribution >= 0.6 is 0 Å². The van der Waals surface area contributed by atoms with Crippen molar-refractivity contribution in [1.29, 1.82) is 0 Å². The Balaban J connectivity index is 1.89. The lowest BCUT2D eigenvalue weighted by atomic mass is 10.1. The Bertz CT molecular complexity index is 440. The monoisotopic (exact) mass is 265 g/mol. The second kappa shape index (κ2) is 6.26. The van der Waals surface area contributed by atoms with Crippen molar-refractivity contribution in [3.05, 3.63) is 35.6 Å². The van der Waals surface area contributed by atoms with Gasteiger partial charge in [-0.2, -0.15) is 0 Å². The average Bonchev–Trinajstić information content (AvgIpc) is 2.30. The van der Waals surface area contributed by atoms with Crippen LogP contribution in [-0.2, 0) is 16.0 Å². The molecule has 0 N–H and O–H groups in total. The van der Waals surface area contributed by atoms with Gasteiger partial charge < -0.3 is 4.74 Å². The summed E-state index contributed by atoms with van der Waals surface area (Å²) in [5, 5.41) is 0. The number of halogens is 1. The number of ketones is 1. The van der Waals surface area contributed by atoms with Gasteiger partial charge >= 0.3 is 0 Å². The number of carbonyl (C=O) groups is 1. The fourth-order valence-corrected chi connectivity index (χ4v) is 2.57. The molecular weight excluding hydrogens is 245 g/mol. The minimum absolute atomic E-state index is 0.0476. The summed E-state index contributed by atoms with van der Waals surface area (Å²) in [6.45, 7) is 5.89. The van der Waals surface area contributed by atoms with Crippen LogP contribution in [0.5, 0.6) is 0 Å². The molecule has 1 aliphatic heterocycles. The first kappa shape index (κ1) is 14.2. The minimum Gasteiger partial charge on any atom is -0.373 e. The van der Waals surface area contributed by atoms with Gasteiger partial charge in [-0.15, -0.1) is 0 Å². The molecule has 0 amide bonds. The van der Waals surface area contributed by atoms with E-state index in [0.717, 1.165) is 13.1 Å². The summed E-state index contributed by atoms with van der Waals surface area (Å²) in [6, 6.07) is 6.44. The van der Waals surface area contributed by atoms with Crippen molar-refractivity contribution in [2.75, 3.05) is 19.6 Å². The molecule has 0 aliphatic carbocycles. The number of hydrogen-bond acceptors (Lipinski definition) is 3. The van der Waals surface area contributed by atoms with Crippen molar-refractivity contribution in [3.8, 4) is 0 Å². The maximum atomic E-state index is 13.5. The molecule has 3 nitrogen and oxygen atoms in total. The zero-order chi connectivity index (χ0) is 13.8. The van der Waals surface area contributed by atoms with E-state index >= 15 is 0 Å². The summed E-state index contributed by atoms with van der Waals surface area (Å²) < 4.78 is 19.1. The van der Waals surface area contributed by atoms with E-state index in [-0.39, 0.29) is 30.2 Å². The Morgan fingerprint density at radius 2 is 1.95 bits per heavy atom. The second-order valence-electron chi connectivity index (χ2n) is 5.26. The number of rotatable bonds is 4. The SMILES string of the molecule is CC1CN(CC(=O)Cc2ccccc2F)CC(C)O1. The van der Waals surface area contributed by atoms with Gasteiger partial charge in [0.1, 0.15) is 5.82 Å². The molecule has 1 saturated heterocycles. The van der Waals surface area contributed by atoms with Gasteiger partial charge in [0.25, 0.3) is 0 Å². The van der Waals surface area contributed by atoms with Gasteiger partial charge in [0.2, 0.25) is 0 Å². The predicted molar refractivity (Wildman–Crippen MR) is 71.6 cm³/mol. The lowest BCUT2D eigenvalue weighted by molar-refractivity contribution is -0.123. The maximum Gasteiger partial charge on any atom is 0.151 e. The van der Waals surface area contributed by atoms with Crippen LogP contribution in [0.4, 0.5) is 4.39 Å². The Labute approximate surface area is 113 Å². The van der Waals surface area contributed by atoms with Crippen LogP contribution in [0.1, 0.15) is 19.4 Å². The highest BCUT2D eigenvalue weighted by Gasteiger charge is 2.23. The van der Waals surface area contributed by atoms with Gasteiger partial charge in [-0.3, -0.25) is 9.69 Å². The molecule has 1 aromatic carbocycles. The summed E-state index contributed by atoms with van der Waals surface area (Å²) in [5.41, 5.74) is 0.474. The fraction of sp³-hybridized carbons (Fsp3) is 0.533. The standard InChI is InChI=1S/C15H20FNO2/c1-11-8-17(9-12(2)19-11)10-14(18)7-13-5-3-4-6-15(13)16/h3-6,11-12H,7-10H2,1-2H3. The molecule has 4 heteroatoms. The Morgan fingerprint density at radius 3 is 2.58 bits per heavy atom. The topological polar surface area (TPSA) is 29.5 Å². The third kappa shape index (κ3) is 4.11. The largest absolute Gasteiger partial charge is 0.373 e. The normalized spacial score (nSPS) is 24.4. The van der Waals surface area contributed by atoms with E-state index in [9.17, 15) is 9.18 Å². The van der Waals surface area contributed by atoms with Crippen LogP contribution in [-0.4, -0.2) is 42.5 Å². The smallest absolute Gasteiger partial charge is 0.151 e. The molecule has 1 aliphatic rings. The Kier molecular flexibility index (Phi) is 4.66. The summed E-state index contributed by atoms with van der Waals surface area (Å²) >= 11 is 0. The summed E-state index contributed by atoms with van der Waals surface area (Å²) in [6.07, 6.45) is 0.447. The maximum absolute atomic E-state index is 13.5. The highest BCUT2D eigenvalue weighted by Crippen LogP contribution is 2.12. The van der Waals surface area contributed by atoms with E-state index < -0.39 is 0 Å². The Hall–Kier alpha value is -1.26. The van der Waals surface area contributed by atoms with Gasteiger partial charge in [-0.25, -0.2) is 4.39 Å². The first-order chi connectivity index (χ1) is 9.04. The van der Waals surface area contributed by atoms with Crippen molar-refractivity contribution in [1.82, 2.24) is 4.90 Å². The number of nitrogens with zero attached hydrogens (tertiary/aromatic N) is 1. The van der Waals surface area contributed by atoms with Crippen LogP contribution in [0.2, 0.25) is 0 Å². The summed E-state index contributed by atoms with van der Waals surface area (Å²) in [7, 11) is 0. The molecule has 0 saturated carbocycles. The van der Waals surface area contributed by atoms with E-state index in [2.05, 4.69) is 4.90 Å². The van der Waals surface area contributed by atoms with E-state index in [1.54, 1.807) is 18.2 Å². The van der Waals surface area contributed by atoms with Crippen LogP contribution in [0.25, 0.3) is 0 Å². The van der Waals surface area contributed by atoms with E-state index in [1.807, 2.05) is 13.8 Å². The number of carbonyl (C=O) groups excluding carboxylic acids is 1. The molecule has 1 aromatic rings. The van der Waals surface area contributed by atoms with Crippen molar-refractivity contribution >= 4 is 5.78 Å². The molecule has 0 radical (unpaired) electrons. The Morgan fingerprint density at radius 1 is 1.32 bits per heavy atom. The second-order valence-corrected chi connectivity index (χ2v) is 5.26. The van der Waals surface area contributed by atoms with Crippen molar-refractivity contribution < 1.29 is 13.9 Å². The van der Waals surface area contributed by atoms with Gasteiger partial charge in [0.05, 0.1) is 18.8 Å². The molecule has 2 unspecified atom stereocenters. The van der Waals surface area contributed by atoms with E-state index in [0.29, 0.717) is 12.1 Å².